The van der Waals surface area contributed by atoms with E-state index < -0.39 is 17.6 Å². The third kappa shape index (κ3) is 5.80. The van der Waals surface area contributed by atoms with E-state index in [1.807, 2.05) is 37.8 Å². The number of amides is 2. The molecule has 1 atom stereocenters. The van der Waals surface area contributed by atoms with Gasteiger partial charge in [-0.2, -0.15) is 0 Å². The van der Waals surface area contributed by atoms with E-state index in [1.54, 1.807) is 12.3 Å². The first-order valence-corrected chi connectivity index (χ1v) is 10.3. The fourth-order valence-electron chi connectivity index (χ4n) is 2.99. The van der Waals surface area contributed by atoms with Crippen molar-refractivity contribution < 1.29 is 14.3 Å². The lowest BCUT2D eigenvalue weighted by atomic mass is 10.1. The lowest BCUT2D eigenvalue weighted by molar-refractivity contribution is 0.0500. The van der Waals surface area contributed by atoms with E-state index in [0.717, 1.165) is 19.4 Å². The zero-order valence-corrected chi connectivity index (χ0v) is 17.6. The number of alkyl carbamates (subject to hydrolysis) is 1. The van der Waals surface area contributed by atoms with Gasteiger partial charge in [0.2, 0.25) is 0 Å². The number of anilines is 3. The van der Waals surface area contributed by atoms with Crippen molar-refractivity contribution in [3.63, 3.8) is 0 Å². The molecule has 1 aliphatic heterocycles. The molecule has 0 aromatic carbocycles. The first kappa shape index (κ1) is 20.8. The Bertz CT molecular complexity index is 865. The second-order valence-electron chi connectivity index (χ2n) is 7.81. The van der Waals surface area contributed by atoms with Crippen molar-refractivity contribution in [2.24, 2.45) is 5.73 Å². The van der Waals surface area contributed by atoms with E-state index in [-0.39, 0.29) is 11.7 Å². The fraction of sp³-hybridized carbons (Fsp3) is 0.474. The van der Waals surface area contributed by atoms with Crippen molar-refractivity contribution in [2.75, 3.05) is 23.3 Å². The SMILES string of the molecule is CC(C)(C)OC(=O)NC1CCCN(c2nc(C(N)=O)c(Nc3ccccn3)s2)C1. The minimum Gasteiger partial charge on any atom is -0.444 e. The van der Waals surface area contributed by atoms with E-state index in [9.17, 15) is 9.59 Å². The number of hydrogen-bond donors (Lipinski definition) is 3. The van der Waals surface area contributed by atoms with Crippen LogP contribution < -0.4 is 21.3 Å². The Kier molecular flexibility index (Phi) is 6.21. The third-order valence-corrected chi connectivity index (χ3v) is 5.20. The average molecular weight is 419 g/mol. The van der Waals surface area contributed by atoms with Crippen molar-refractivity contribution in [2.45, 2.75) is 45.3 Å². The third-order valence-electron chi connectivity index (χ3n) is 4.17. The number of piperidine rings is 1. The van der Waals surface area contributed by atoms with Crippen molar-refractivity contribution in [1.29, 1.82) is 0 Å². The Morgan fingerprint density at radius 3 is 2.79 bits per heavy atom. The predicted molar refractivity (Wildman–Crippen MR) is 113 cm³/mol. The number of nitrogens with zero attached hydrogens (tertiary/aromatic N) is 3. The van der Waals surface area contributed by atoms with Crippen molar-refractivity contribution in [3.8, 4) is 0 Å². The molecule has 0 radical (unpaired) electrons. The molecule has 1 aliphatic rings. The Hall–Kier alpha value is -2.88. The fourth-order valence-corrected chi connectivity index (χ4v) is 4.00. The van der Waals surface area contributed by atoms with Crippen LogP contribution >= 0.6 is 11.3 Å². The largest absolute Gasteiger partial charge is 0.444 e. The topological polar surface area (TPSA) is 122 Å². The lowest BCUT2D eigenvalue weighted by Gasteiger charge is -2.33. The van der Waals surface area contributed by atoms with Gasteiger partial charge in [0.25, 0.3) is 5.91 Å². The summed E-state index contributed by atoms with van der Waals surface area (Å²) in [5, 5.41) is 7.25. The highest BCUT2D eigenvalue weighted by Gasteiger charge is 2.27. The number of carbonyl (C=O) groups excluding carboxylic acids is 2. The molecule has 1 saturated heterocycles. The van der Waals surface area contributed by atoms with Gasteiger partial charge in [-0.1, -0.05) is 17.4 Å². The number of nitrogens with two attached hydrogens (primary N) is 1. The highest BCUT2D eigenvalue weighted by molar-refractivity contribution is 7.20. The van der Waals surface area contributed by atoms with Crippen LogP contribution in [0.3, 0.4) is 0 Å². The molecule has 2 aromatic rings. The van der Waals surface area contributed by atoms with Gasteiger partial charge in [0.05, 0.1) is 0 Å². The second-order valence-corrected chi connectivity index (χ2v) is 8.79. The van der Waals surface area contributed by atoms with Crippen LogP contribution in [0.2, 0.25) is 0 Å². The summed E-state index contributed by atoms with van der Waals surface area (Å²) in [6, 6.07) is 5.39. The van der Waals surface area contributed by atoms with Crippen LogP contribution in [0.1, 0.15) is 44.1 Å². The molecular formula is C19H26N6O3S. The summed E-state index contributed by atoms with van der Waals surface area (Å²) in [4.78, 5) is 34.6. The quantitative estimate of drug-likeness (QED) is 0.682. The number of nitrogens with one attached hydrogen (secondary N) is 2. The Morgan fingerprint density at radius 2 is 2.14 bits per heavy atom. The summed E-state index contributed by atoms with van der Waals surface area (Å²) in [6.45, 7) is 6.85. The second kappa shape index (κ2) is 8.64. The molecule has 0 aliphatic carbocycles. The van der Waals surface area contributed by atoms with Crippen molar-refractivity contribution in [1.82, 2.24) is 15.3 Å². The smallest absolute Gasteiger partial charge is 0.407 e. The molecule has 3 heterocycles. The van der Waals surface area contributed by atoms with Gasteiger partial charge in [0.15, 0.2) is 10.8 Å². The number of pyridine rings is 1. The van der Waals surface area contributed by atoms with Gasteiger partial charge in [0, 0.05) is 25.3 Å². The molecule has 2 amide bonds. The van der Waals surface area contributed by atoms with E-state index in [0.29, 0.717) is 22.5 Å². The Morgan fingerprint density at radius 1 is 1.34 bits per heavy atom. The van der Waals surface area contributed by atoms with E-state index in [4.69, 9.17) is 10.5 Å². The minimum atomic E-state index is -0.605. The molecule has 0 saturated carbocycles. The summed E-state index contributed by atoms with van der Waals surface area (Å²) in [5.74, 6) is -0.000293. The van der Waals surface area contributed by atoms with E-state index in [2.05, 4.69) is 20.6 Å². The highest BCUT2D eigenvalue weighted by Crippen LogP contribution is 2.34. The maximum Gasteiger partial charge on any atom is 0.407 e. The van der Waals surface area contributed by atoms with Crippen LogP contribution in [0.25, 0.3) is 0 Å². The average Bonchev–Trinajstić information content (AvgIpc) is 3.05. The molecule has 1 fully saturated rings. The van der Waals surface area contributed by atoms with Crippen LogP contribution in [0.15, 0.2) is 24.4 Å². The van der Waals surface area contributed by atoms with Gasteiger partial charge < -0.3 is 26.0 Å². The molecule has 29 heavy (non-hydrogen) atoms. The number of rotatable bonds is 5. The summed E-state index contributed by atoms with van der Waals surface area (Å²) >= 11 is 1.34. The highest BCUT2D eigenvalue weighted by atomic mass is 32.1. The standard InChI is InChI=1S/C19H26N6O3S/c1-19(2,3)28-18(27)22-12-7-6-10-25(11-12)17-24-14(15(20)26)16(29-17)23-13-8-4-5-9-21-13/h4-5,8-9,12H,6-7,10-11H2,1-3H3,(H2,20,26)(H,21,23)(H,22,27). The molecule has 2 aromatic heterocycles. The van der Waals surface area contributed by atoms with E-state index in [1.165, 1.54) is 11.3 Å². The zero-order valence-electron chi connectivity index (χ0n) is 16.8. The number of thiazole rings is 1. The minimum absolute atomic E-state index is 0.0632. The van der Waals surface area contributed by atoms with Crippen LogP contribution in [-0.2, 0) is 4.74 Å². The number of hydrogen-bond acceptors (Lipinski definition) is 8. The Balaban J connectivity index is 1.71. The lowest BCUT2D eigenvalue weighted by Crippen LogP contribution is -2.49. The monoisotopic (exact) mass is 418 g/mol. The van der Waals surface area contributed by atoms with Crippen molar-refractivity contribution in [3.05, 3.63) is 30.1 Å². The van der Waals surface area contributed by atoms with Gasteiger partial charge in [-0.25, -0.2) is 14.8 Å². The number of carbonyl (C=O) groups is 2. The maximum absolute atomic E-state index is 12.1. The summed E-state index contributed by atoms with van der Waals surface area (Å²) in [6.07, 6.45) is 2.96. The summed E-state index contributed by atoms with van der Waals surface area (Å²) in [7, 11) is 0. The van der Waals surface area contributed by atoms with Gasteiger partial charge in [0.1, 0.15) is 16.4 Å². The van der Waals surface area contributed by atoms with Gasteiger partial charge >= 0.3 is 6.09 Å². The van der Waals surface area contributed by atoms with Crippen LogP contribution in [0.5, 0.6) is 0 Å². The number of aromatic nitrogens is 2. The number of primary amides is 1. The van der Waals surface area contributed by atoms with Crippen molar-refractivity contribution >= 4 is 39.3 Å². The molecule has 1 unspecified atom stereocenters. The zero-order chi connectivity index (χ0) is 21.0. The maximum atomic E-state index is 12.1. The molecule has 156 valence electrons. The van der Waals surface area contributed by atoms with Gasteiger partial charge in [-0.15, -0.1) is 0 Å². The van der Waals surface area contributed by atoms with Crippen LogP contribution in [0, 0.1) is 0 Å². The molecule has 0 spiro atoms. The van der Waals surface area contributed by atoms with Gasteiger partial charge in [-0.3, -0.25) is 4.79 Å². The van der Waals surface area contributed by atoms with Gasteiger partial charge in [-0.05, 0) is 45.7 Å². The molecule has 4 N–H and O–H groups in total. The summed E-state index contributed by atoms with van der Waals surface area (Å²) < 4.78 is 5.34. The number of ether oxygens (including phenoxy) is 1. The molecular weight excluding hydrogens is 392 g/mol. The predicted octanol–water partition coefficient (Wildman–Crippen LogP) is 2.87. The van der Waals surface area contributed by atoms with E-state index >= 15 is 0 Å². The van der Waals surface area contributed by atoms with Crippen LogP contribution in [-0.4, -0.2) is 46.7 Å². The molecule has 0 bridgehead atoms. The first-order valence-electron chi connectivity index (χ1n) is 9.44. The normalized spacial score (nSPS) is 16.9. The molecule has 10 heteroatoms. The Labute approximate surface area is 173 Å². The molecule has 3 rings (SSSR count). The molecule has 9 nitrogen and oxygen atoms in total. The first-order chi connectivity index (χ1) is 13.7. The summed E-state index contributed by atoms with van der Waals surface area (Å²) in [5.41, 5.74) is 5.15. The van der Waals surface area contributed by atoms with Crippen LogP contribution in [0.4, 0.5) is 20.7 Å².